The van der Waals surface area contributed by atoms with Gasteiger partial charge < -0.3 is 19.5 Å². The second-order valence-corrected chi connectivity index (χ2v) is 6.44. The fourth-order valence-corrected chi connectivity index (χ4v) is 3.14. The molecule has 0 aliphatic carbocycles. The highest BCUT2D eigenvalue weighted by Crippen LogP contribution is 2.25. The van der Waals surface area contributed by atoms with E-state index in [2.05, 4.69) is 14.8 Å². The quantitative estimate of drug-likeness (QED) is 0.604. The highest BCUT2D eigenvalue weighted by molar-refractivity contribution is 6.00. The van der Waals surface area contributed by atoms with Crippen LogP contribution < -0.4 is 14.4 Å². The molecule has 1 aliphatic rings. The van der Waals surface area contributed by atoms with Crippen LogP contribution in [-0.4, -0.2) is 73.2 Å². The lowest BCUT2D eigenvalue weighted by atomic mass is 10.1. The van der Waals surface area contributed by atoms with Gasteiger partial charge in [-0.15, -0.1) is 24.8 Å². The number of aromatic nitrogens is 1. The van der Waals surface area contributed by atoms with Crippen LogP contribution in [0.4, 0.5) is 5.69 Å². The predicted octanol–water partition coefficient (Wildman–Crippen LogP) is 2.40. The fraction of sp³-hybridized carbons (Fsp3) is 0.350. The van der Waals surface area contributed by atoms with Gasteiger partial charge in [0.2, 0.25) is 0 Å². The first-order valence-corrected chi connectivity index (χ1v) is 9.00. The zero-order valence-electron chi connectivity index (χ0n) is 16.5. The maximum atomic E-state index is 12.7. The van der Waals surface area contributed by atoms with E-state index in [0.717, 1.165) is 31.9 Å². The number of rotatable bonds is 8. The Morgan fingerprint density at radius 3 is 2.33 bits per heavy atom. The Balaban J connectivity index is 0.00000225. The Kier molecular flexibility index (Phi) is 10.4. The van der Waals surface area contributed by atoms with Crippen LogP contribution >= 0.6 is 24.8 Å². The Bertz CT molecular complexity index is 830. The number of carboxylic acid groups (broad SMARTS) is 1. The number of carbonyl (C=O) groups excluding carboxylic acids is 1. The van der Waals surface area contributed by atoms with Crippen molar-refractivity contribution in [2.45, 2.75) is 0 Å². The van der Waals surface area contributed by atoms with Gasteiger partial charge in [-0.3, -0.25) is 14.7 Å². The number of piperazine rings is 1. The van der Waals surface area contributed by atoms with Crippen LogP contribution in [0.25, 0.3) is 0 Å². The summed E-state index contributed by atoms with van der Waals surface area (Å²) >= 11 is 0. The maximum Gasteiger partial charge on any atom is 0.341 e. The molecule has 2 heterocycles. The van der Waals surface area contributed by atoms with Gasteiger partial charge in [-0.25, -0.2) is 4.79 Å². The number of halogens is 2. The Labute approximate surface area is 187 Å². The van der Waals surface area contributed by atoms with E-state index >= 15 is 0 Å². The normalized spacial score (nSPS) is 13.6. The van der Waals surface area contributed by atoms with Gasteiger partial charge >= 0.3 is 5.97 Å². The van der Waals surface area contributed by atoms with Crippen LogP contribution in [-0.2, 0) is 4.79 Å². The van der Waals surface area contributed by atoms with Gasteiger partial charge in [-0.05, 0) is 24.3 Å². The molecule has 10 heteroatoms. The minimum atomic E-state index is -1.06. The average molecular weight is 458 g/mol. The van der Waals surface area contributed by atoms with Gasteiger partial charge in [-0.2, -0.15) is 0 Å². The van der Waals surface area contributed by atoms with E-state index in [1.165, 1.54) is 13.2 Å². The largest absolute Gasteiger partial charge is 0.496 e. The van der Waals surface area contributed by atoms with E-state index in [9.17, 15) is 9.59 Å². The summed E-state index contributed by atoms with van der Waals surface area (Å²) in [7, 11) is 1.47. The van der Waals surface area contributed by atoms with E-state index in [0.29, 0.717) is 23.6 Å². The molecule has 1 fully saturated rings. The molecule has 0 radical (unpaired) electrons. The van der Waals surface area contributed by atoms with E-state index in [1.54, 1.807) is 24.5 Å². The first-order valence-electron chi connectivity index (χ1n) is 9.00. The topological polar surface area (TPSA) is 92.2 Å². The highest BCUT2D eigenvalue weighted by Gasteiger charge is 2.21. The highest BCUT2D eigenvalue weighted by atomic mass is 35.5. The van der Waals surface area contributed by atoms with Crippen LogP contribution in [0.3, 0.4) is 0 Å². The molecule has 3 rings (SSSR count). The van der Waals surface area contributed by atoms with Crippen LogP contribution in [0, 0.1) is 0 Å². The van der Waals surface area contributed by atoms with Crippen molar-refractivity contribution >= 4 is 42.3 Å². The summed E-state index contributed by atoms with van der Waals surface area (Å²) in [5.74, 6) is -0.380. The molecule has 8 nitrogen and oxygen atoms in total. The molecule has 1 aliphatic heterocycles. The third kappa shape index (κ3) is 6.76. The standard InChI is InChI=1S/C20H23N3O5.2ClH/c1-27-19-12-16(28-14-20(25)26)2-3-17(19)18(24)13-22-8-10-23(11-9-22)15-4-6-21-7-5-15;;/h2-7,12H,8-11,13-14H2,1H3,(H,25,26);2*1H. The molecular weight excluding hydrogens is 433 g/mol. The molecule has 0 unspecified atom stereocenters. The molecule has 1 saturated heterocycles. The van der Waals surface area contributed by atoms with Crippen molar-refractivity contribution in [1.82, 2.24) is 9.88 Å². The molecule has 0 saturated carbocycles. The predicted molar refractivity (Wildman–Crippen MR) is 118 cm³/mol. The maximum absolute atomic E-state index is 12.7. The number of Topliss-reactive ketones (excluding diaryl/α,β-unsaturated/α-hetero) is 1. The molecular formula is C20H25Cl2N3O5. The van der Waals surface area contributed by atoms with Crippen molar-refractivity contribution in [2.75, 3.05) is 51.3 Å². The number of carbonyl (C=O) groups is 2. The number of pyridine rings is 1. The fourth-order valence-electron chi connectivity index (χ4n) is 3.14. The van der Waals surface area contributed by atoms with Gasteiger partial charge in [0, 0.05) is 50.3 Å². The lowest BCUT2D eigenvalue weighted by Gasteiger charge is -2.35. The van der Waals surface area contributed by atoms with E-state index in [-0.39, 0.29) is 30.6 Å². The summed E-state index contributed by atoms with van der Waals surface area (Å²) in [4.78, 5) is 31.8. The number of aliphatic carboxylic acids is 1. The third-order valence-corrected chi connectivity index (χ3v) is 4.60. The Morgan fingerprint density at radius 1 is 1.07 bits per heavy atom. The molecule has 0 atom stereocenters. The van der Waals surface area contributed by atoms with E-state index < -0.39 is 12.6 Å². The lowest BCUT2D eigenvalue weighted by Crippen LogP contribution is -2.48. The Hall–Kier alpha value is -2.55. The van der Waals surface area contributed by atoms with Crippen LogP contribution in [0.2, 0.25) is 0 Å². The van der Waals surface area contributed by atoms with Crippen molar-refractivity contribution in [3.8, 4) is 11.5 Å². The minimum absolute atomic E-state index is 0. The number of ketones is 1. The molecule has 30 heavy (non-hydrogen) atoms. The van der Waals surface area contributed by atoms with Crippen molar-refractivity contribution < 1.29 is 24.2 Å². The molecule has 2 aromatic rings. The number of hydrogen-bond donors (Lipinski definition) is 1. The lowest BCUT2D eigenvalue weighted by molar-refractivity contribution is -0.139. The molecule has 164 valence electrons. The summed E-state index contributed by atoms with van der Waals surface area (Å²) in [6.45, 7) is 3.12. The van der Waals surface area contributed by atoms with E-state index in [1.807, 2.05) is 12.1 Å². The second-order valence-electron chi connectivity index (χ2n) is 6.44. The van der Waals surface area contributed by atoms with Gasteiger partial charge in [0.15, 0.2) is 12.4 Å². The summed E-state index contributed by atoms with van der Waals surface area (Å²) in [5.41, 5.74) is 1.60. The zero-order valence-corrected chi connectivity index (χ0v) is 18.2. The van der Waals surface area contributed by atoms with Crippen LogP contribution in [0.1, 0.15) is 10.4 Å². The smallest absolute Gasteiger partial charge is 0.341 e. The van der Waals surface area contributed by atoms with Crippen molar-refractivity contribution in [2.24, 2.45) is 0 Å². The number of carboxylic acids is 1. The number of hydrogen-bond acceptors (Lipinski definition) is 7. The summed E-state index contributed by atoms with van der Waals surface area (Å²) < 4.78 is 10.4. The van der Waals surface area contributed by atoms with E-state index in [4.69, 9.17) is 14.6 Å². The van der Waals surface area contributed by atoms with Gasteiger partial charge in [-0.1, -0.05) is 0 Å². The SMILES string of the molecule is COc1cc(OCC(=O)O)ccc1C(=O)CN1CCN(c2ccncc2)CC1.Cl.Cl. The average Bonchev–Trinajstić information content (AvgIpc) is 2.73. The number of methoxy groups -OCH3 is 1. The number of nitrogens with zero attached hydrogens (tertiary/aromatic N) is 3. The first-order chi connectivity index (χ1) is 13.6. The summed E-state index contributed by atoms with van der Waals surface area (Å²) in [5, 5.41) is 8.70. The van der Waals surface area contributed by atoms with Crippen molar-refractivity contribution in [1.29, 1.82) is 0 Å². The molecule has 0 bridgehead atoms. The van der Waals surface area contributed by atoms with Gasteiger partial charge in [0.25, 0.3) is 0 Å². The second kappa shape index (κ2) is 12.2. The van der Waals surface area contributed by atoms with Gasteiger partial charge in [0.05, 0.1) is 19.2 Å². The number of anilines is 1. The number of ether oxygens (including phenoxy) is 2. The monoisotopic (exact) mass is 457 g/mol. The molecule has 0 amide bonds. The zero-order chi connectivity index (χ0) is 19.9. The molecule has 1 aromatic carbocycles. The minimum Gasteiger partial charge on any atom is -0.496 e. The van der Waals surface area contributed by atoms with Crippen molar-refractivity contribution in [3.63, 3.8) is 0 Å². The Morgan fingerprint density at radius 2 is 1.73 bits per heavy atom. The van der Waals surface area contributed by atoms with Crippen molar-refractivity contribution in [3.05, 3.63) is 48.3 Å². The summed E-state index contributed by atoms with van der Waals surface area (Å²) in [6.07, 6.45) is 3.56. The molecule has 1 aromatic heterocycles. The number of benzene rings is 1. The molecule has 1 N–H and O–H groups in total. The summed E-state index contributed by atoms with van der Waals surface area (Å²) in [6, 6.07) is 8.71. The molecule has 0 spiro atoms. The van der Waals surface area contributed by atoms with Crippen LogP contribution in [0.5, 0.6) is 11.5 Å². The van der Waals surface area contributed by atoms with Crippen LogP contribution in [0.15, 0.2) is 42.7 Å². The van der Waals surface area contributed by atoms with Gasteiger partial charge in [0.1, 0.15) is 11.5 Å². The third-order valence-electron chi connectivity index (χ3n) is 4.60. The first kappa shape index (κ1) is 25.5.